The fourth-order valence-electron chi connectivity index (χ4n) is 2.42. The normalized spacial score (nSPS) is 19.7. The molecule has 0 unspecified atom stereocenters. The minimum atomic E-state index is 0.331. The molecule has 2 heterocycles. The molecule has 1 atom stereocenters. The van der Waals surface area contributed by atoms with Gasteiger partial charge in [0.15, 0.2) is 0 Å². The van der Waals surface area contributed by atoms with E-state index in [0.29, 0.717) is 6.10 Å². The molecule has 4 heteroatoms. The Morgan fingerprint density at radius 1 is 1.32 bits per heavy atom. The molecule has 100 valence electrons. The lowest BCUT2D eigenvalue weighted by Crippen LogP contribution is -2.26. The first-order valence-corrected chi connectivity index (χ1v) is 7.65. The topological polar surface area (TPSA) is 25.4 Å². The molecule has 1 saturated heterocycles. The van der Waals surface area contributed by atoms with Crippen LogP contribution in [0, 0.1) is 0 Å². The zero-order chi connectivity index (χ0) is 12.9. The maximum atomic E-state index is 5.99. The van der Waals surface area contributed by atoms with Gasteiger partial charge in [0.1, 0.15) is 11.9 Å². The van der Waals surface area contributed by atoms with Gasteiger partial charge in [0.05, 0.1) is 11.2 Å². The average Bonchev–Trinajstić information content (AvgIpc) is 3.09. The molecule has 1 aliphatic heterocycles. The van der Waals surface area contributed by atoms with Crippen LogP contribution in [0.2, 0.25) is 0 Å². The second-order valence-electron chi connectivity index (χ2n) is 4.87. The predicted octanol–water partition coefficient (Wildman–Crippen LogP) is 2.84. The molecule has 1 aliphatic rings. The van der Waals surface area contributed by atoms with Crippen molar-refractivity contribution in [3.05, 3.63) is 46.9 Å². The zero-order valence-corrected chi connectivity index (χ0v) is 11.7. The fourth-order valence-corrected chi connectivity index (χ4v) is 3.01. The summed E-state index contributed by atoms with van der Waals surface area (Å²) in [4.78, 5) is 6.79. The third kappa shape index (κ3) is 3.55. The van der Waals surface area contributed by atoms with Gasteiger partial charge in [-0.2, -0.15) is 0 Å². The summed E-state index contributed by atoms with van der Waals surface area (Å²) < 4.78 is 5.99. The van der Waals surface area contributed by atoms with Crippen molar-refractivity contribution >= 4 is 11.3 Å². The van der Waals surface area contributed by atoms with E-state index in [1.807, 2.05) is 35.8 Å². The highest BCUT2D eigenvalue weighted by atomic mass is 32.1. The van der Waals surface area contributed by atoms with Gasteiger partial charge in [0, 0.05) is 31.4 Å². The molecule has 0 amide bonds. The SMILES string of the molecule is c1ccc(O[C@@H]2CCN(CCc3cscn3)C2)cc1. The second kappa shape index (κ2) is 6.17. The first-order valence-electron chi connectivity index (χ1n) is 6.71. The summed E-state index contributed by atoms with van der Waals surface area (Å²) in [5, 5.41) is 2.13. The van der Waals surface area contributed by atoms with Crippen LogP contribution in [0.25, 0.3) is 0 Å². The van der Waals surface area contributed by atoms with Gasteiger partial charge >= 0.3 is 0 Å². The number of para-hydroxylation sites is 1. The monoisotopic (exact) mass is 274 g/mol. The molecule has 19 heavy (non-hydrogen) atoms. The predicted molar refractivity (Wildman–Crippen MR) is 77.7 cm³/mol. The summed E-state index contributed by atoms with van der Waals surface area (Å²) in [6.07, 6.45) is 2.49. The number of likely N-dealkylation sites (tertiary alicyclic amines) is 1. The van der Waals surface area contributed by atoms with Gasteiger partial charge in [-0.15, -0.1) is 11.3 Å². The van der Waals surface area contributed by atoms with Gasteiger partial charge in [-0.25, -0.2) is 4.98 Å². The number of aromatic nitrogens is 1. The van der Waals surface area contributed by atoms with Crippen LogP contribution in [0.3, 0.4) is 0 Å². The third-order valence-corrected chi connectivity index (χ3v) is 4.08. The van der Waals surface area contributed by atoms with Crippen LogP contribution in [0.4, 0.5) is 0 Å². The molecule has 0 bridgehead atoms. The standard InChI is InChI=1S/C15H18N2OS/c1-2-4-14(5-3-1)18-15-7-9-17(10-15)8-6-13-11-19-12-16-13/h1-5,11-12,15H,6-10H2/t15-/m1/s1. The molecule has 1 aromatic heterocycles. The highest BCUT2D eigenvalue weighted by Gasteiger charge is 2.23. The van der Waals surface area contributed by atoms with Crippen molar-refractivity contribution in [2.24, 2.45) is 0 Å². The molecule has 0 radical (unpaired) electrons. The van der Waals surface area contributed by atoms with E-state index in [1.165, 1.54) is 5.69 Å². The molecule has 1 fully saturated rings. The smallest absolute Gasteiger partial charge is 0.119 e. The van der Waals surface area contributed by atoms with Gasteiger partial charge in [-0.1, -0.05) is 18.2 Å². The van der Waals surface area contributed by atoms with E-state index in [9.17, 15) is 0 Å². The molecule has 0 saturated carbocycles. The summed E-state index contributed by atoms with van der Waals surface area (Å²) in [6, 6.07) is 10.1. The average molecular weight is 274 g/mol. The Kier molecular flexibility index (Phi) is 4.10. The molecule has 3 rings (SSSR count). The van der Waals surface area contributed by atoms with Crippen molar-refractivity contribution in [3.8, 4) is 5.75 Å². The van der Waals surface area contributed by atoms with E-state index in [0.717, 1.165) is 38.2 Å². The van der Waals surface area contributed by atoms with Crippen LogP contribution in [-0.2, 0) is 6.42 Å². The minimum Gasteiger partial charge on any atom is -0.489 e. The number of thiazole rings is 1. The third-order valence-electron chi connectivity index (χ3n) is 3.44. The van der Waals surface area contributed by atoms with Crippen molar-refractivity contribution < 1.29 is 4.74 Å². The van der Waals surface area contributed by atoms with Crippen LogP contribution in [-0.4, -0.2) is 35.6 Å². The van der Waals surface area contributed by atoms with Crippen molar-refractivity contribution in [1.29, 1.82) is 0 Å². The van der Waals surface area contributed by atoms with Crippen molar-refractivity contribution in [2.45, 2.75) is 18.9 Å². The largest absolute Gasteiger partial charge is 0.489 e. The second-order valence-corrected chi connectivity index (χ2v) is 5.59. The Morgan fingerprint density at radius 2 is 2.21 bits per heavy atom. The van der Waals surface area contributed by atoms with Gasteiger partial charge < -0.3 is 4.74 Å². The van der Waals surface area contributed by atoms with Gasteiger partial charge in [0.25, 0.3) is 0 Å². The lowest BCUT2D eigenvalue weighted by molar-refractivity contribution is 0.201. The van der Waals surface area contributed by atoms with Crippen LogP contribution in [0.1, 0.15) is 12.1 Å². The van der Waals surface area contributed by atoms with Gasteiger partial charge in [-0.05, 0) is 18.6 Å². The molecule has 1 aromatic carbocycles. The Balaban J connectivity index is 1.45. The molecular formula is C15H18N2OS. The Bertz CT molecular complexity index is 486. The lowest BCUT2D eigenvalue weighted by Gasteiger charge is -2.16. The van der Waals surface area contributed by atoms with Crippen LogP contribution >= 0.6 is 11.3 Å². The molecule has 2 aromatic rings. The Labute approximate surface area is 117 Å². The number of hydrogen-bond donors (Lipinski definition) is 0. The van der Waals surface area contributed by atoms with Crippen molar-refractivity contribution in [2.75, 3.05) is 19.6 Å². The van der Waals surface area contributed by atoms with Crippen LogP contribution < -0.4 is 4.74 Å². The van der Waals surface area contributed by atoms with E-state index in [-0.39, 0.29) is 0 Å². The molecule has 3 nitrogen and oxygen atoms in total. The number of ether oxygens (including phenoxy) is 1. The molecule has 0 N–H and O–H groups in total. The highest BCUT2D eigenvalue weighted by molar-refractivity contribution is 7.07. The number of nitrogens with zero attached hydrogens (tertiary/aromatic N) is 2. The quantitative estimate of drug-likeness (QED) is 0.838. The van der Waals surface area contributed by atoms with E-state index in [2.05, 4.69) is 15.3 Å². The molecular weight excluding hydrogens is 256 g/mol. The first kappa shape index (κ1) is 12.6. The lowest BCUT2D eigenvalue weighted by atomic mass is 10.3. The van der Waals surface area contributed by atoms with Gasteiger partial charge in [0.2, 0.25) is 0 Å². The summed E-state index contributed by atoms with van der Waals surface area (Å²) in [6.45, 7) is 3.24. The first-order chi connectivity index (χ1) is 9.40. The summed E-state index contributed by atoms with van der Waals surface area (Å²) in [5.41, 5.74) is 3.11. The van der Waals surface area contributed by atoms with Gasteiger partial charge in [-0.3, -0.25) is 4.90 Å². The van der Waals surface area contributed by atoms with E-state index in [4.69, 9.17) is 4.74 Å². The van der Waals surface area contributed by atoms with E-state index >= 15 is 0 Å². The molecule has 0 aliphatic carbocycles. The number of rotatable bonds is 5. The maximum Gasteiger partial charge on any atom is 0.119 e. The maximum absolute atomic E-state index is 5.99. The van der Waals surface area contributed by atoms with Crippen molar-refractivity contribution in [1.82, 2.24) is 9.88 Å². The summed E-state index contributed by atoms with van der Waals surface area (Å²) >= 11 is 1.67. The zero-order valence-electron chi connectivity index (χ0n) is 10.9. The van der Waals surface area contributed by atoms with Crippen LogP contribution in [0.15, 0.2) is 41.2 Å². The minimum absolute atomic E-state index is 0.331. The summed E-state index contributed by atoms with van der Waals surface area (Å²) in [7, 11) is 0. The number of hydrogen-bond acceptors (Lipinski definition) is 4. The highest BCUT2D eigenvalue weighted by Crippen LogP contribution is 2.18. The fraction of sp³-hybridized carbons (Fsp3) is 0.400. The van der Waals surface area contributed by atoms with E-state index < -0.39 is 0 Å². The van der Waals surface area contributed by atoms with E-state index in [1.54, 1.807) is 11.3 Å². The molecule has 0 spiro atoms. The Morgan fingerprint density at radius 3 is 3.00 bits per heavy atom. The number of benzene rings is 1. The van der Waals surface area contributed by atoms with Crippen molar-refractivity contribution in [3.63, 3.8) is 0 Å². The Hall–Kier alpha value is -1.39. The van der Waals surface area contributed by atoms with Crippen LogP contribution in [0.5, 0.6) is 5.75 Å². The summed E-state index contributed by atoms with van der Waals surface area (Å²) in [5.74, 6) is 0.980.